The van der Waals surface area contributed by atoms with Crippen LogP contribution in [-0.2, 0) is 0 Å². The molecule has 0 aliphatic carbocycles. The van der Waals surface area contributed by atoms with Gasteiger partial charge in [0.1, 0.15) is 5.82 Å². The summed E-state index contributed by atoms with van der Waals surface area (Å²) in [7, 11) is 3.29. The minimum atomic E-state index is -0.511. The molecule has 5 nitrogen and oxygen atoms in total. The maximum Gasteiger partial charge on any atom is 0.273 e. The third kappa shape index (κ3) is 2.17. The fraction of sp³-hybridized carbons (Fsp3) is 0.167. The van der Waals surface area contributed by atoms with Crippen molar-refractivity contribution in [1.82, 2.24) is 14.7 Å². The van der Waals surface area contributed by atoms with Crippen molar-refractivity contribution >= 4 is 11.6 Å². The van der Waals surface area contributed by atoms with Gasteiger partial charge in [-0.15, -0.1) is 0 Å². The molecule has 2 rings (SSSR count). The van der Waals surface area contributed by atoms with Gasteiger partial charge in [0, 0.05) is 26.4 Å². The molecule has 0 aliphatic heterocycles. The summed E-state index contributed by atoms with van der Waals surface area (Å²) in [6.45, 7) is 0. The van der Waals surface area contributed by atoms with Gasteiger partial charge in [0.25, 0.3) is 5.91 Å². The van der Waals surface area contributed by atoms with Crippen LogP contribution in [0.5, 0.6) is 0 Å². The summed E-state index contributed by atoms with van der Waals surface area (Å²) in [6.07, 6.45) is 1.60. The van der Waals surface area contributed by atoms with E-state index in [-0.39, 0.29) is 11.6 Å². The summed E-state index contributed by atoms with van der Waals surface area (Å²) in [6, 6.07) is 5.94. The van der Waals surface area contributed by atoms with Crippen molar-refractivity contribution in [2.24, 2.45) is 0 Å². The van der Waals surface area contributed by atoms with Crippen molar-refractivity contribution in [3.63, 3.8) is 0 Å². The summed E-state index contributed by atoms with van der Waals surface area (Å²) >= 11 is 0. The highest BCUT2D eigenvalue weighted by Crippen LogP contribution is 2.15. The van der Waals surface area contributed by atoms with Gasteiger partial charge < -0.3 is 10.6 Å². The molecule has 2 N–H and O–H groups in total. The van der Waals surface area contributed by atoms with E-state index in [1.807, 2.05) is 0 Å². The molecule has 1 aromatic heterocycles. The van der Waals surface area contributed by atoms with Gasteiger partial charge in [-0.1, -0.05) is 0 Å². The highest BCUT2D eigenvalue weighted by molar-refractivity contribution is 5.91. The van der Waals surface area contributed by atoms with Crippen LogP contribution in [0.4, 0.5) is 10.1 Å². The average Bonchev–Trinajstić information content (AvgIpc) is 2.81. The lowest BCUT2D eigenvalue weighted by Gasteiger charge is -2.07. The smallest absolute Gasteiger partial charge is 0.273 e. The summed E-state index contributed by atoms with van der Waals surface area (Å²) in [5.41, 5.74) is 6.29. The molecule has 1 aromatic carbocycles. The van der Waals surface area contributed by atoms with E-state index in [1.54, 1.807) is 32.4 Å². The van der Waals surface area contributed by atoms with Gasteiger partial charge in [-0.2, -0.15) is 5.10 Å². The molecular weight excluding hydrogens is 235 g/mol. The zero-order valence-electron chi connectivity index (χ0n) is 10.1. The van der Waals surface area contributed by atoms with Crippen LogP contribution in [0.1, 0.15) is 10.5 Å². The number of nitrogens with zero attached hydrogens (tertiary/aromatic N) is 3. The van der Waals surface area contributed by atoms with Crippen LogP contribution in [0, 0.1) is 5.82 Å². The van der Waals surface area contributed by atoms with Crippen LogP contribution in [0.2, 0.25) is 0 Å². The molecule has 0 unspecified atom stereocenters. The summed E-state index contributed by atoms with van der Waals surface area (Å²) in [4.78, 5) is 13.1. The van der Waals surface area contributed by atoms with E-state index in [1.165, 1.54) is 21.7 Å². The maximum atomic E-state index is 13.3. The lowest BCUT2D eigenvalue weighted by Crippen LogP contribution is -2.22. The SMILES string of the molecule is CN(C)C(=O)c1ccn(-c2ccc(N)c(F)c2)n1. The molecule has 0 radical (unpaired) electrons. The number of aromatic nitrogens is 2. The number of hydrogen-bond donors (Lipinski definition) is 1. The fourth-order valence-corrected chi connectivity index (χ4v) is 1.47. The van der Waals surface area contributed by atoms with Crippen LogP contribution in [0.25, 0.3) is 5.69 Å². The van der Waals surface area contributed by atoms with Crippen molar-refractivity contribution < 1.29 is 9.18 Å². The molecular formula is C12H13FN4O. The molecule has 0 atom stereocenters. The van der Waals surface area contributed by atoms with E-state index in [9.17, 15) is 9.18 Å². The number of rotatable bonds is 2. The number of nitrogens with two attached hydrogens (primary N) is 1. The third-order valence-corrected chi connectivity index (χ3v) is 2.46. The third-order valence-electron chi connectivity index (χ3n) is 2.46. The Labute approximate surface area is 104 Å². The Bertz CT molecular complexity index is 592. The van der Waals surface area contributed by atoms with Gasteiger partial charge in [0.15, 0.2) is 5.69 Å². The summed E-state index contributed by atoms with van der Waals surface area (Å²) < 4.78 is 14.7. The predicted molar refractivity (Wildman–Crippen MR) is 66.0 cm³/mol. The number of nitrogen functional groups attached to an aromatic ring is 1. The fourth-order valence-electron chi connectivity index (χ4n) is 1.47. The van der Waals surface area contributed by atoms with Gasteiger partial charge in [-0.3, -0.25) is 4.79 Å². The van der Waals surface area contributed by atoms with Gasteiger partial charge in [-0.25, -0.2) is 9.07 Å². The number of hydrogen-bond acceptors (Lipinski definition) is 3. The first-order valence-corrected chi connectivity index (χ1v) is 5.32. The minimum Gasteiger partial charge on any atom is -0.396 e. The van der Waals surface area contributed by atoms with Crippen molar-refractivity contribution in [3.8, 4) is 5.69 Å². The second-order valence-corrected chi connectivity index (χ2v) is 4.05. The Morgan fingerprint density at radius 2 is 2.11 bits per heavy atom. The first kappa shape index (κ1) is 12.1. The van der Waals surface area contributed by atoms with Gasteiger partial charge >= 0.3 is 0 Å². The maximum absolute atomic E-state index is 13.3. The van der Waals surface area contributed by atoms with Crippen LogP contribution in [0.3, 0.4) is 0 Å². The molecule has 0 spiro atoms. The standard InChI is InChI=1S/C12H13FN4O/c1-16(2)12(18)11-5-6-17(15-11)8-3-4-10(14)9(13)7-8/h3-7H,14H2,1-2H3. The number of anilines is 1. The second-order valence-electron chi connectivity index (χ2n) is 4.05. The molecule has 6 heteroatoms. The first-order valence-electron chi connectivity index (χ1n) is 5.32. The highest BCUT2D eigenvalue weighted by atomic mass is 19.1. The number of carbonyl (C=O) groups is 1. The number of benzene rings is 1. The zero-order chi connectivity index (χ0) is 13.3. The van der Waals surface area contributed by atoms with Crippen LogP contribution < -0.4 is 5.73 Å². The first-order chi connectivity index (χ1) is 8.49. The normalized spacial score (nSPS) is 10.4. The number of halogens is 1. The number of amides is 1. The summed E-state index contributed by atoms with van der Waals surface area (Å²) in [5, 5.41) is 4.09. The van der Waals surface area contributed by atoms with Crippen LogP contribution >= 0.6 is 0 Å². The van der Waals surface area contributed by atoms with Crippen molar-refractivity contribution in [1.29, 1.82) is 0 Å². The topological polar surface area (TPSA) is 64.2 Å². The Kier molecular flexibility index (Phi) is 3.01. The second kappa shape index (κ2) is 4.48. The van der Waals surface area contributed by atoms with Gasteiger partial charge in [0.2, 0.25) is 0 Å². The zero-order valence-corrected chi connectivity index (χ0v) is 10.1. The monoisotopic (exact) mass is 248 g/mol. The van der Waals surface area contributed by atoms with E-state index in [0.717, 1.165) is 0 Å². The van der Waals surface area contributed by atoms with E-state index in [0.29, 0.717) is 11.4 Å². The van der Waals surface area contributed by atoms with Crippen LogP contribution in [-0.4, -0.2) is 34.7 Å². The quantitative estimate of drug-likeness (QED) is 0.815. The predicted octanol–water partition coefficient (Wildman–Crippen LogP) is 1.30. The van der Waals surface area contributed by atoms with E-state index < -0.39 is 5.82 Å². The van der Waals surface area contributed by atoms with Crippen molar-refractivity contribution in [2.75, 3.05) is 19.8 Å². The molecule has 94 valence electrons. The van der Waals surface area contributed by atoms with Gasteiger partial charge in [0.05, 0.1) is 11.4 Å². The van der Waals surface area contributed by atoms with Crippen molar-refractivity contribution in [2.45, 2.75) is 0 Å². The van der Waals surface area contributed by atoms with Gasteiger partial charge in [-0.05, 0) is 18.2 Å². The molecule has 0 bridgehead atoms. The Hall–Kier alpha value is -2.37. The van der Waals surface area contributed by atoms with Crippen LogP contribution in [0.15, 0.2) is 30.5 Å². The Morgan fingerprint density at radius 1 is 1.39 bits per heavy atom. The molecule has 0 fully saturated rings. The molecule has 1 heterocycles. The Morgan fingerprint density at radius 3 is 2.72 bits per heavy atom. The molecule has 2 aromatic rings. The molecule has 1 amide bonds. The lowest BCUT2D eigenvalue weighted by atomic mass is 10.3. The van der Waals surface area contributed by atoms with E-state index in [4.69, 9.17) is 5.73 Å². The average molecular weight is 248 g/mol. The Balaban J connectivity index is 2.35. The molecule has 18 heavy (non-hydrogen) atoms. The molecule has 0 aliphatic rings. The summed E-state index contributed by atoms with van der Waals surface area (Å²) in [5.74, 6) is -0.715. The van der Waals surface area contributed by atoms with E-state index >= 15 is 0 Å². The molecule has 0 saturated heterocycles. The number of carbonyl (C=O) groups excluding carboxylic acids is 1. The highest BCUT2D eigenvalue weighted by Gasteiger charge is 2.12. The van der Waals surface area contributed by atoms with E-state index in [2.05, 4.69) is 5.10 Å². The molecule has 0 saturated carbocycles. The largest absolute Gasteiger partial charge is 0.396 e. The minimum absolute atomic E-state index is 0.0792. The lowest BCUT2D eigenvalue weighted by molar-refractivity contribution is 0.0821. The van der Waals surface area contributed by atoms with Crippen molar-refractivity contribution in [3.05, 3.63) is 42.0 Å².